The Morgan fingerprint density at radius 2 is 1.69 bits per heavy atom. The van der Waals surface area contributed by atoms with Gasteiger partial charge in [0.15, 0.2) is 0 Å². The minimum absolute atomic E-state index is 0.0257. The Morgan fingerprint density at radius 3 is 2.31 bits per heavy atom. The lowest BCUT2D eigenvalue weighted by atomic mass is 9.95. The van der Waals surface area contributed by atoms with Crippen molar-refractivity contribution < 1.29 is 29.3 Å². The monoisotopic (exact) mass is 439 g/mol. The number of carbonyl (C=O) groups is 2. The first-order chi connectivity index (χ1) is 15.5. The smallest absolute Gasteiger partial charge is 0.295 e. The molecule has 1 heterocycles. The van der Waals surface area contributed by atoms with Crippen molar-refractivity contribution in [3.8, 4) is 11.5 Å². The van der Waals surface area contributed by atoms with Crippen LogP contribution in [0.3, 0.4) is 0 Å². The van der Waals surface area contributed by atoms with Crippen LogP contribution in [0, 0.1) is 0 Å². The first-order valence-electron chi connectivity index (χ1n) is 10.8. The number of ether oxygens (including phenoxy) is 2. The summed E-state index contributed by atoms with van der Waals surface area (Å²) < 4.78 is 10.7. The first kappa shape index (κ1) is 23.3. The Balaban J connectivity index is 1.98. The van der Waals surface area contributed by atoms with E-state index in [2.05, 4.69) is 6.92 Å². The summed E-state index contributed by atoms with van der Waals surface area (Å²) in [4.78, 5) is 27.2. The van der Waals surface area contributed by atoms with E-state index in [1.807, 2.05) is 0 Å². The second-order valence-electron chi connectivity index (χ2n) is 7.66. The molecule has 0 saturated carbocycles. The number of Topliss-reactive ketones (excluding diaryl/α,β-unsaturated/α-hetero) is 1. The van der Waals surface area contributed by atoms with E-state index < -0.39 is 17.7 Å². The number of unbranched alkanes of at least 4 members (excludes halogenated alkanes) is 1. The van der Waals surface area contributed by atoms with E-state index in [1.54, 1.807) is 43.5 Å². The van der Waals surface area contributed by atoms with Crippen LogP contribution in [0.15, 0.2) is 54.1 Å². The zero-order chi connectivity index (χ0) is 23.1. The molecule has 170 valence electrons. The molecule has 0 aliphatic carbocycles. The summed E-state index contributed by atoms with van der Waals surface area (Å²) in [5.41, 5.74) is 1.07. The Labute approximate surface area is 187 Å². The lowest BCUT2D eigenvalue weighted by Gasteiger charge is -2.25. The number of carbonyl (C=O) groups excluding carboxylic acids is 2. The highest BCUT2D eigenvalue weighted by Gasteiger charge is 2.45. The van der Waals surface area contributed by atoms with Gasteiger partial charge in [-0.2, -0.15) is 0 Å². The van der Waals surface area contributed by atoms with Gasteiger partial charge in [0.25, 0.3) is 11.7 Å². The Hall–Kier alpha value is -3.32. The number of rotatable bonds is 10. The molecule has 2 aromatic rings. The van der Waals surface area contributed by atoms with E-state index in [0.29, 0.717) is 43.1 Å². The quantitative estimate of drug-likeness (QED) is 0.251. The SMILES string of the molecule is CCCCOc1ccc(C(O)=C2C(=O)C(=O)N(CCCOC)[C@H]2c2ccc(O)cc2)cc1. The van der Waals surface area contributed by atoms with Gasteiger partial charge >= 0.3 is 0 Å². The van der Waals surface area contributed by atoms with E-state index in [9.17, 15) is 19.8 Å². The van der Waals surface area contributed by atoms with Gasteiger partial charge in [-0.1, -0.05) is 25.5 Å². The summed E-state index contributed by atoms with van der Waals surface area (Å²) >= 11 is 0. The van der Waals surface area contributed by atoms with Crippen LogP contribution in [-0.2, 0) is 14.3 Å². The number of phenolic OH excluding ortho intramolecular Hbond substituents is 1. The predicted octanol–water partition coefficient (Wildman–Crippen LogP) is 4.03. The van der Waals surface area contributed by atoms with Gasteiger partial charge in [-0.3, -0.25) is 9.59 Å². The third-order valence-electron chi connectivity index (χ3n) is 5.39. The summed E-state index contributed by atoms with van der Waals surface area (Å²) in [6.45, 7) is 3.42. The fourth-order valence-corrected chi connectivity index (χ4v) is 3.69. The average molecular weight is 440 g/mol. The number of methoxy groups -OCH3 is 1. The molecule has 2 aromatic carbocycles. The van der Waals surface area contributed by atoms with Crippen molar-refractivity contribution in [2.24, 2.45) is 0 Å². The number of hydrogen-bond donors (Lipinski definition) is 2. The van der Waals surface area contributed by atoms with Crippen molar-refractivity contribution in [3.05, 3.63) is 65.2 Å². The minimum Gasteiger partial charge on any atom is -0.508 e. The van der Waals surface area contributed by atoms with Gasteiger partial charge in [0.1, 0.15) is 17.3 Å². The summed E-state index contributed by atoms with van der Waals surface area (Å²) in [6.07, 6.45) is 2.52. The normalized spacial score (nSPS) is 17.7. The number of aromatic hydroxyl groups is 1. The maximum atomic E-state index is 12.9. The highest BCUT2D eigenvalue weighted by atomic mass is 16.5. The van der Waals surface area contributed by atoms with Crippen LogP contribution in [0.5, 0.6) is 11.5 Å². The van der Waals surface area contributed by atoms with E-state index in [0.717, 1.165) is 12.8 Å². The van der Waals surface area contributed by atoms with Crippen molar-refractivity contribution in [2.45, 2.75) is 32.2 Å². The van der Waals surface area contributed by atoms with Crippen LogP contribution in [0.4, 0.5) is 0 Å². The molecule has 0 bridgehead atoms. The van der Waals surface area contributed by atoms with E-state index in [4.69, 9.17) is 9.47 Å². The molecule has 7 heteroatoms. The van der Waals surface area contributed by atoms with Crippen molar-refractivity contribution in [1.82, 2.24) is 4.90 Å². The lowest BCUT2D eigenvalue weighted by Crippen LogP contribution is -2.31. The molecule has 1 amide bonds. The molecule has 1 aliphatic rings. The minimum atomic E-state index is -0.757. The molecular weight excluding hydrogens is 410 g/mol. The summed E-state index contributed by atoms with van der Waals surface area (Å²) in [5.74, 6) is -0.897. The highest BCUT2D eigenvalue weighted by molar-refractivity contribution is 6.46. The van der Waals surface area contributed by atoms with E-state index in [-0.39, 0.29) is 17.1 Å². The topological polar surface area (TPSA) is 96.3 Å². The lowest BCUT2D eigenvalue weighted by molar-refractivity contribution is -0.140. The Bertz CT molecular complexity index is 965. The number of ketones is 1. The number of likely N-dealkylation sites (tertiary alicyclic amines) is 1. The van der Waals surface area contributed by atoms with Crippen LogP contribution in [0.2, 0.25) is 0 Å². The molecule has 1 fully saturated rings. The van der Waals surface area contributed by atoms with Gasteiger partial charge < -0.3 is 24.6 Å². The van der Waals surface area contributed by atoms with E-state index in [1.165, 1.54) is 17.0 Å². The number of aliphatic hydroxyl groups excluding tert-OH is 1. The average Bonchev–Trinajstić information content (AvgIpc) is 3.05. The Morgan fingerprint density at radius 1 is 1.00 bits per heavy atom. The molecule has 1 atom stereocenters. The number of benzene rings is 2. The molecule has 0 unspecified atom stereocenters. The van der Waals surface area contributed by atoms with Crippen LogP contribution >= 0.6 is 0 Å². The van der Waals surface area contributed by atoms with Gasteiger partial charge in [0, 0.05) is 25.8 Å². The molecule has 0 aromatic heterocycles. The molecule has 0 radical (unpaired) electrons. The Kier molecular flexibility index (Phi) is 7.89. The van der Waals surface area contributed by atoms with Crippen molar-refractivity contribution in [1.29, 1.82) is 0 Å². The third-order valence-corrected chi connectivity index (χ3v) is 5.39. The second kappa shape index (κ2) is 10.8. The fourth-order valence-electron chi connectivity index (χ4n) is 3.69. The van der Waals surface area contributed by atoms with Crippen molar-refractivity contribution >= 4 is 17.4 Å². The molecule has 0 spiro atoms. The number of phenols is 1. The molecule has 32 heavy (non-hydrogen) atoms. The van der Waals surface area contributed by atoms with E-state index >= 15 is 0 Å². The van der Waals surface area contributed by atoms with Crippen LogP contribution in [-0.4, -0.2) is 53.7 Å². The maximum Gasteiger partial charge on any atom is 0.295 e. The maximum absolute atomic E-state index is 12.9. The van der Waals surface area contributed by atoms with Gasteiger partial charge in [-0.05, 0) is 54.8 Å². The fraction of sp³-hybridized carbons (Fsp3) is 0.360. The summed E-state index contributed by atoms with van der Waals surface area (Å²) in [5, 5.41) is 20.7. The summed E-state index contributed by atoms with van der Waals surface area (Å²) in [7, 11) is 1.57. The highest BCUT2D eigenvalue weighted by Crippen LogP contribution is 2.40. The predicted molar refractivity (Wildman–Crippen MR) is 120 cm³/mol. The van der Waals surface area contributed by atoms with Gasteiger partial charge in [0.2, 0.25) is 0 Å². The van der Waals surface area contributed by atoms with Gasteiger partial charge in [-0.15, -0.1) is 0 Å². The van der Waals surface area contributed by atoms with Crippen LogP contribution in [0.1, 0.15) is 43.4 Å². The number of nitrogens with zero attached hydrogens (tertiary/aromatic N) is 1. The van der Waals surface area contributed by atoms with Crippen LogP contribution in [0.25, 0.3) is 5.76 Å². The van der Waals surface area contributed by atoms with Crippen molar-refractivity contribution in [3.63, 3.8) is 0 Å². The van der Waals surface area contributed by atoms with Gasteiger partial charge in [0.05, 0.1) is 18.2 Å². The summed E-state index contributed by atoms with van der Waals surface area (Å²) in [6, 6.07) is 12.3. The molecular formula is C25H29NO6. The standard InChI is InChI=1S/C25H29NO6/c1-3-4-16-32-20-12-8-18(9-13-20)23(28)21-22(17-6-10-19(27)11-7-17)26(14-5-15-31-2)25(30)24(21)29/h6-13,22,27-28H,3-5,14-16H2,1-2H3/t22-/m0/s1. The zero-order valence-electron chi connectivity index (χ0n) is 18.4. The largest absolute Gasteiger partial charge is 0.508 e. The number of amides is 1. The molecule has 1 aliphatic heterocycles. The number of hydrogen-bond acceptors (Lipinski definition) is 6. The number of aliphatic hydroxyl groups is 1. The molecule has 3 rings (SSSR count). The third kappa shape index (κ3) is 5.11. The zero-order valence-corrected chi connectivity index (χ0v) is 18.4. The van der Waals surface area contributed by atoms with Crippen LogP contribution < -0.4 is 4.74 Å². The molecule has 1 saturated heterocycles. The van der Waals surface area contributed by atoms with Crippen molar-refractivity contribution in [2.75, 3.05) is 26.9 Å². The molecule has 2 N–H and O–H groups in total. The van der Waals surface area contributed by atoms with Gasteiger partial charge in [-0.25, -0.2) is 0 Å². The first-order valence-corrected chi connectivity index (χ1v) is 10.8. The molecule has 7 nitrogen and oxygen atoms in total. The second-order valence-corrected chi connectivity index (χ2v) is 7.66.